The molecule has 0 bridgehead atoms. The summed E-state index contributed by atoms with van der Waals surface area (Å²) in [6, 6.07) is 4.59. The highest BCUT2D eigenvalue weighted by molar-refractivity contribution is 5.95. The lowest BCUT2D eigenvalue weighted by Gasteiger charge is -2.15. The first kappa shape index (κ1) is 16.5. The van der Waals surface area contributed by atoms with Gasteiger partial charge in [-0.25, -0.2) is 0 Å². The Hall–Kier alpha value is -2.52. The number of benzene rings is 1. The average molecular weight is 297 g/mol. The van der Waals surface area contributed by atoms with Gasteiger partial charge in [0.25, 0.3) is 5.69 Å². The Balaban J connectivity index is 2.72. The molecule has 114 valence electrons. The van der Waals surface area contributed by atoms with E-state index >= 15 is 0 Å². The van der Waals surface area contributed by atoms with Crippen molar-refractivity contribution in [2.75, 3.05) is 18.4 Å². The standard InChI is InChI=1S/C12H16N4O5/c13-5-6-14-9(12(18)19)7-11(17)15-8-3-1-2-4-10(8)16(20)21/h1-4,9,14H,5-7,13H2,(H,15,17)(H,18,19)/p+1/t9-/m1/s1. The van der Waals surface area contributed by atoms with Crippen molar-refractivity contribution in [1.29, 1.82) is 0 Å². The lowest BCUT2D eigenvalue weighted by Crippen LogP contribution is -2.95. The molecule has 21 heavy (non-hydrogen) atoms. The Morgan fingerprint density at radius 3 is 2.62 bits per heavy atom. The van der Waals surface area contributed by atoms with Crippen LogP contribution in [-0.4, -0.2) is 35.9 Å². The van der Waals surface area contributed by atoms with E-state index in [9.17, 15) is 24.8 Å². The number of amides is 1. The summed E-state index contributed by atoms with van der Waals surface area (Å²) in [6.45, 7) is 0.951. The van der Waals surface area contributed by atoms with E-state index in [0.29, 0.717) is 13.1 Å². The van der Waals surface area contributed by atoms with Crippen molar-refractivity contribution >= 4 is 23.3 Å². The first-order valence-corrected chi connectivity index (χ1v) is 6.32. The second kappa shape index (κ2) is 7.92. The Kier molecular flexibility index (Phi) is 6.24. The zero-order valence-electron chi connectivity index (χ0n) is 11.3. The van der Waals surface area contributed by atoms with Crippen molar-refractivity contribution in [2.45, 2.75) is 12.5 Å². The molecule has 9 heteroatoms. The number of nitro groups is 1. The van der Waals surface area contributed by atoms with Crippen molar-refractivity contribution in [3.8, 4) is 0 Å². The summed E-state index contributed by atoms with van der Waals surface area (Å²) < 4.78 is 0. The summed E-state index contributed by atoms with van der Waals surface area (Å²) in [5, 5.41) is 25.5. The molecule has 1 aromatic rings. The van der Waals surface area contributed by atoms with E-state index < -0.39 is 22.8 Å². The minimum absolute atomic E-state index is 0.0294. The molecule has 0 unspecified atom stereocenters. The normalized spacial score (nSPS) is 11.7. The molecule has 1 rings (SSSR count). The highest BCUT2D eigenvalue weighted by Gasteiger charge is 2.20. The highest BCUT2D eigenvalue weighted by Crippen LogP contribution is 2.23. The van der Waals surface area contributed by atoms with Crippen molar-refractivity contribution in [2.24, 2.45) is 0 Å². The van der Waals surface area contributed by atoms with Crippen molar-refractivity contribution in [3.05, 3.63) is 34.4 Å². The number of quaternary nitrogens is 2. The van der Waals surface area contributed by atoms with Crippen LogP contribution in [0.3, 0.4) is 0 Å². The first-order valence-electron chi connectivity index (χ1n) is 6.32. The van der Waals surface area contributed by atoms with Gasteiger partial charge < -0.3 is 26.3 Å². The maximum absolute atomic E-state index is 11.8. The maximum atomic E-state index is 11.8. The number of carboxylic acids is 1. The van der Waals surface area contributed by atoms with Gasteiger partial charge in [0, 0.05) is 6.07 Å². The molecule has 9 nitrogen and oxygen atoms in total. The van der Waals surface area contributed by atoms with Crippen LogP contribution in [0.1, 0.15) is 6.42 Å². The second-order valence-electron chi connectivity index (χ2n) is 4.33. The van der Waals surface area contributed by atoms with Crippen molar-refractivity contribution < 1.29 is 30.7 Å². The van der Waals surface area contributed by atoms with Gasteiger partial charge in [0.1, 0.15) is 24.8 Å². The van der Waals surface area contributed by atoms with Gasteiger partial charge in [-0.05, 0) is 6.07 Å². The predicted molar refractivity (Wildman–Crippen MR) is 69.7 cm³/mol. The third-order valence-corrected chi connectivity index (χ3v) is 2.74. The van der Waals surface area contributed by atoms with Crippen LogP contribution in [0.2, 0.25) is 0 Å². The van der Waals surface area contributed by atoms with Gasteiger partial charge in [0.15, 0.2) is 0 Å². The second-order valence-corrected chi connectivity index (χ2v) is 4.33. The highest BCUT2D eigenvalue weighted by atomic mass is 16.6. The van der Waals surface area contributed by atoms with Gasteiger partial charge in [-0.2, -0.15) is 0 Å². The monoisotopic (exact) mass is 297 g/mol. The fourth-order valence-electron chi connectivity index (χ4n) is 1.72. The Labute approximate surface area is 120 Å². The molecular weight excluding hydrogens is 280 g/mol. The number of carbonyl (C=O) groups is 2. The third-order valence-electron chi connectivity index (χ3n) is 2.74. The molecule has 0 aliphatic carbocycles. The van der Waals surface area contributed by atoms with E-state index in [2.05, 4.69) is 11.1 Å². The Morgan fingerprint density at radius 2 is 2.05 bits per heavy atom. The van der Waals surface area contributed by atoms with Crippen LogP contribution >= 0.6 is 0 Å². The van der Waals surface area contributed by atoms with Crippen LogP contribution in [0.4, 0.5) is 11.4 Å². The number of hydrogen-bond donors (Lipinski definition) is 3. The molecule has 0 aliphatic rings. The van der Waals surface area contributed by atoms with Crippen LogP contribution in [-0.2, 0) is 9.59 Å². The Bertz CT molecular complexity index is 534. The van der Waals surface area contributed by atoms with E-state index in [1.165, 1.54) is 29.6 Å². The summed E-state index contributed by atoms with van der Waals surface area (Å²) in [5.74, 6) is -1.99. The number of nitrogens with two attached hydrogens (primary N) is 1. The summed E-state index contributed by atoms with van der Waals surface area (Å²) in [4.78, 5) is 32.9. The minimum atomic E-state index is -1.36. The summed E-state index contributed by atoms with van der Waals surface area (Å²) in [6.07, 6.45) is -0.339. The molecule has 1 aromatic carbocycles. The maximum Gasteiger partial charge on any atom is 0.292 e. The van der Waals surface area contributed by atoms with Gasteiger partial charge in [-0.1, -0.05) is 12.1 Å². The molecule has 0 fully saturated rings. The molecule has 0 saturated heterocycles. The lowest BCUT2D eigenvalue weighted by atomic mass is 10.2. The van der Waals surface area contributed by atoms with Gasteiger partial charge in [-0.3, -0.25) is 14.9 Å². The molecule has 0 saturated carbocycles. The van der Waals surface area contributed by atoms with Crippen molar-refractivity contribution in [1.82, 2.24) is 0 Å². The van der Waals surface area contributed by atoms with E-state index in [1.807, 2.05) is 0 Å². The third kappa shape index (κ3) is 5.16. The van der Waals surface area contributed by atoms with Crippen LogP contribution in [0, 0.1) is 10.1 Å². The number of nitrogens with one attached hydrogen (secondary N) is 1. The molecule has 0 heterocycles. The van der Waals surface area contributed by atoms with Gasteiger partial charge in [0.2, 0.25) is 5.91 Å². The Morgan fingerprint density at radius 1 is 1.38 bits per heavy atom. The number of aliphatic carboxylic acids is 1. The van der Waals surface area contributed by atoms with Crippen LogP contribution < -0.4 is 21.5 Å². The number of anilines is 1. The zero-order chi connectivity index (χ0) is 15.8. The van der Waals surface area contributed by atoms with Crippen molar-refractivity contribution in [3.63, 3.8) is 0 Å². The van der Waals surface area contributed by atoms with Crippen LogP contribution in [0.15, 0.2) is 24.3 Å². The van der Waals surface area contributed by atoms with Gasteiger partial charge >= 0.3 is 0 Å². The lowest BCUT2D eigenvalue weighted by molar-refractivity contribution is -0.695. The topological polar surface area (TPSA) is 157 Å². The number of carboxylic acid groups (broad SMARTS) is 1. The van der Waals surface area contributed by atoms with E-state index in [0.717, 1.165) is 0 Å². The average Bonchev–Trinajstić information content (AvgIpc) is 2.43. The molecule has 0 radical (unpaired) electrons. The first-order chi connectivity index (χ1) is 9.95. The molecule has 0 aliphatic heterocycles. The SMILES string of the molecule is [NH3+]CC[NH2+][C@H](CC(=O)Nc1ccccc1[N+](=O)[O-])C(=O)[O-]. The number of nitrogens with zero attached hydrogens (tertiary/aromatic N) is 1. The van der Waals surface area contributed by atoms with E-state index in [1.54, 1.807) is 0 Å². The molecule has 1 amide bonds. The summed E-state index contributed by atoms with van der Waals surface area (Å²) in [5.41, 5.74) is 3.35. The van der Waals surface area contributed by atoms with Crippen LogP contribution in [0.5, 0.6) is 0 Å². The largest absolute Gasteiger partial charge is 0.544 e. The summed E-state index contributed by atoms with van der Waals surface area (Å²) in [7, 11) is 0. The number of para-hydroxylation sites is 2. The number of rotatable bonds is 8. The number of nitro benzene ring substituents is 1. The van der Waals surface area contributed by atoms with Gasteiger partial charge in [-0.15, -0.1) is 0 Å². The fourth-order valence-corrected chi connectivity index (χ4v) is 1.72. The summed E-state index contributed by atoms with van der Waals surface area (Å²) >= 11 is 0. The van der Waals surface area contributed by atoms with Gasteiger partial charge in [0.05, 0.1) is 17.3 Å². The minimum Gasteiger partial charge on any atom is -0.544 e. The molecular formula is C12H17N4O5+. The smallest absolute Gasteiger partial charge is 0.292 e. The predicted octanol–water partition coefficient (Wildman–Crippen LogP) is -3.15. The molecule has 1 atom stereocenters. The molecule has 0 aromatic heterocycles. The quantitative estimate of drug-likeness (QED) is 0.341. The van der Waals surface area contributed by atoms with E-state index in [-0.39, 0.29) is 17.8 Å². The van der Waals surface area contributed by atoms with E-state index in [4.69, 9.17) is 0 Å². The zero-order valence-corrected chi connectivity index (χ0v) is 11.3. The number of carbonyl (C=O) groups excluding carboxylic acids is 2. The van der Waals surface area contributed by atoms with Crippen LogP contribution in [0.25, 0.3) is 0 Å². The molecule has 6 N–H and O–H groups in total. The fraction of sp³-hybridized carbons (Fsp3) is 0.333. The number of hydrogen-bond acceptors (Lipinski definition) is 5. The molecule has 0 spiro atoms.